The molecule has 0 N–H and O–H groups in total. The molecule has 0 aromatic carbocycles. The van der Waals surface area contributed by atoms with Crippen LogP contribution in [0.4, 0.5) is 0 Å². The first-order valence-corrected chi connectivity index (χ1v) is 3.28. The highest BCUT2D eigenvalue weighted by atomic mass is 79.9. The molecule has 0 bridgehead atoms. The Morgan fingerprint density at radius 3 is 2.67 bits per heavy atom. The second kappa shape index (κ2) is 2.39. The maximum atomic E-state index is 10.5. The van der Waals surface area contributed by atoms with Gasteiger partial charge in [-0.25, -0.2) is 4.99 Å². The third-order valence-corrected chi connectivity index (χ3v) is 1.33. The Kier molecular flexibility index (Phi) is 1.75. The number of aliphatic imine (C=N–C) groups is 2. The average Bonchev–Trinajstić information content (AvgIpc) is 2.14. The highest BCUT2D eigenvalue weighted by Crippen LogP contribution is 2.01. The molecule has 0 aromatic heterocycles. The Bertz CT molecular complexity index is 207. The summed E-state index contributed by atoms with van der Waals surface area (Å²) in [5, 5.41) is 0. The number of hydrogen-bond acceptors (Lipinski definition) is 3. The maximum Gasteiger partial charge on any atom is 0.196 e. The van der Waals surface area contributed by atoms with Crippen LogP contribution in [0.5, 0.6) is 0 Å². The Balaban J connectivity index is 2.75. The highest BCUT2D eigenvalue weighted by molar-refractivity contribution is 9.18. The van der Waals surface area contributed by atoms with Crippen molar-refractivity contribution in [2.75, 3.05) is 6.54 Å². The molecule has 1 heterocycles. The number of rotatable bonds is 1. The minimum atomic E-state index is -0.0792. The molecule has 0 aliphatic carbocycles. The molecule has 0 saturated carbocycles. The van der Waals surface area contributed by atoms with Crippen LogP contribution < -0.4 is 0 Å². The monoisotopic (exact) mass is 188 g/mol. The van der Waals surface area contributed by atoms with E-state index in [2.05, 4.69) is 25.9 Å². The zero-order valence-corrected chi connectivity index (χ0v) is 6.47. The van der Waals surface area contributed by atoms with E-state index in [9.17, 15) is 4.79 Å². The number of amidine groups is 1. The van der Waals surface area contributed by atoms with Gasteiger partial charge in [-0.15, -0.1) is 0 Å². The van der Waals surface area contributed by atoms with Gasteiger partial charge in [0.1, 0.15) is 4.62 Å². The summed E-state index contributed by atoms with van der Waals surface area (Å²) >= 11 is 3.13. The average molecular weight is 189 g/mol. The van der Waals surface area contributed by atoms with Crippen molar-refractivity contribution >= 4 is 32.2 Å². The van der Waals surface area contributed by atoms with Crippen LogP contribution in [0.1, 0.15) is 6.92 Å². The molecule has 1 aliphatic heterocycles. The summed E-state index contributed by atoms with van der Waals surface area (Å²) in [6.45, 7) is 1.96. The van der Waals surface area contributed by atoms with Gasteiger partial charge in [-0.05, 0) is 15.9 Å². The summed E-state index contributed by atoms with van der Waals surface area (Å²) in [6.07, 6.45) is 0. The number of carbonyl (C=O) groups is 1. The van der Waals surface area contributed by atoms with E-state index in [1.165, 1.54) is 6.92 Å². The quantitative estimate of drug-likeness (QED) is 0.600. The molecule has 0 saturated heterocycles. The first-order valence-electron chi connectivity index (χ1n) is 2.48. The van der Waals surface area contributed by atoms with Crippen LogP contribution in [0, 0.1) is 0 Å². The van der Waals surface area contributed by atoms with Gasteiger partial charge in [0, 0.05) is 6.92 Å². The highest BCUT2D eigenvalue weighted by Gasteiger charge is 2.10. The van der Waals surface area contributed by atoms with Crippen molar-refractivity contribution in [3.05, 3.63) is 0 Å². The van der Waals surface area contributed by atoms with Gasteiger partial charge in [0.05, 0.1) is 6.54 Å². The fourth-order valence-electron chi connectivity index (χ4n) is 0.516. The first kappa shape index (κ1) is 6.61. The Morgan fingerprint density at radius 2 is 2.44 bits per heavy atom. The first-order chi connectivity index (χ1) is 4.20. The van der Waals surface area contributed by atoms with Gasteiger partial charge in [-0.2, -0.15) is 0 Å². The van der Waals surface area contributed by atoms with Crippen molar-refractivity contribution in [2.24, 2.45) is 9.98 Å². The van der Waals surface area contributed by atoms with E-state index in [0.29, 0.717) is 12.4 Å². The molecule has 0 spiro atoms. The fraction of sp³-hybridized carbons (Fsp3) is 0.400. The van der Waals surface area contributed by atoms with Crippen LogP contribution in [-0.2, 0) is 4.79 Å². The minimum Gasteiger partial charge on any atom is -0.291 e. The van der Waals surface area contributed by atoms with Crippen LogP contribution in [0.15, 0.2) is 9.98 Å². The van der Waals surface area contributed by atoms with Crippen molar-refractivity contribution in [2.45, 2.75) is 6.92 Å². The largest absolute Gasteiger partial charge is 0.291 e. The lowest BCUT2D eigenvalue weighted by atomic mass is 10.4. The summed E-state index contributed by atoms with van der Waals surface area (Å²) in [7, 11) is 0. The number of Topliss-reactive ketones (excluding diaryl/α,β-unsaturated/α-hetero) is 1. The Hall–Kier alpha value is -0.510. The summed E-state index contributed by atoms with van der Waals surface area (Å²) in [6, 6.07) is 0. The molecule has 0 aromatic rings. The minimum absolute atomic E-state index is 0.0792. The van der Waals surface area contributed by atoms with Crippen molar-refractivity contribution in [1.29, 1.82) is 0 Å². The summed E-state index contributed by atoms with van der Waals surface area (Å²) in [4.78, 5) is 18.2. The van der Waals surface area contributed by atoms with E-state index in [1.54, 1.807) is 0 Å². The van der Waals surface area contributed by atoms with Crippen LogP contribution in [0.25, 0.3) is 0 Å². The van der Waals surface area contributed by atoms with Gasteiger partial charge in [0.2, 0.25) is 0 Å². The number of carbonyl (C=O) groups excluding carboxylic acids is 1. The van der Waals surface area contributed by atoms with Gasteiger partial charge >= 0.3 is 0 Å². The fourth-order valence-corrected chi connectivity index (χ4v) is 0.809. The van der Waals surface area contributed by atoms with Gasteiger partial charge in [-0.1, -0.05) is 0 Å². The van der Waals surface area contributed by atoms with E-state index in [-0.39, 0.29) is 5.78 Å². The van der Waals surface area contributed by atoms with Gasteiger partial charge in [-0.3, -0.25) is 9.79 Å². The summed E-state index contributed by atoms with van der Waals surface area (Å²) in [5.41, 5.74) is 0. The molecule has 1 aliphatic rings. The normalized spacial score (nSPS) is 17.1. The zero-order chi connectivity index (χ0) is 6.85. The third kappa shape index (κ3) is 1.45. The molecule has 4 heteroatoms. The molecule has 0 atom stereocenters. The van der Waals surface area contributed by atoms with E-state index >= 15 is 0 Å². The van der Waals surface area contributed by atoms with E-state index in [4.69, 9.17) is 0 Å². The van der Waals surface area contributed by atoms with Gasteiger partial charge in [0.25, 0.3) is 0 Å². The summed E-state index contributed by atoms with van der Waals surface area (Å²) < 4.78 is 0.729. The SMILES string of the molecule is CC(=O)C1=NCC(Br)=N1. The zero-order valence-electron chi connectivity index (χ0n) is 4.89. The predicted molar refractivity (Wildman–Crippen MR) is 39.3 cm³/mol. The molecule has 9 heavy (non-hydrogen) atoms. The summed E-state index contributed by atoms with van der Waals surface area (Å²) in [5.74, 6) is 0.242. The van der Waals surface area contributed by atoms with E-state index in [0.717, 1.165) is 4.62 Å². The number of hydrogen-bond donors (Lipinski definition) is 0. The molecule has 0 unspecified atom stereocenters. The molecule has 0 radical (unpaired) electrons. The van der Waals surface area contributed by atoms with Crippen LogP contribution in [-0.4, -0.2) is 22.8 Å². The Morgan fingerprint density at radius 1 is 1.78 bits per heavy atom. The van der Waals surface area contributed by atoms with Gasteiger partial charge in [0.15, 0.2) is 11.6 Å². The maximum absolute atomic E-state index is 10.5. The number of ketones is 1. The smallest absolute Gasteiger partial charge is 0.196 e. The molecule has 48 valence electrons. The molecule has 3 nitrogen and oxygen atoms in total. The molecular weight excluding hydrogens is 184 g/mol. The predicted octanol–water partition coefficient (Wildman–Crippen LogP) is 0.781. The number of nitrogens with zero attached hydrogens (tertiary/aromatic N) is 2. The van der Waals surface area contributed by atoms with E-state index < -0.39 is 0 Å². The second-order valence-electron chi connectivity index (χ2n) is 1.68. The lowest BCUT2D eigenvalue weighted by Crippen LogP contribution is -2.03. The van der Waals surface area contributed by atoms with Crippen molar-refractivity contribution in [1.82, 2.24) is 0 Å². The third-order valence-electron chi connectivity index (χ3n) is 0.901. The molecule has 0 fully saturated rings. The van der Waals surface area contributed by atoms with E-state index in [1.807, 2.05) is 0 Å². The Labute approximate surface area is 61.0 Å². The van der Waals surface area contributed by atoms with Crippen LogP contribution >= 0.6 is 15.9 Å². The van der Waals surface area contributed by atoms with Crippen molar-refractivity contribution < 1.29 is 4.79 Å². The number of halogens is 1. The topological polar surface area (TPSA) is 41.8 Å². The molecular formula is C5H5BrN2O. The lowest BCUT2D eigenvalue weighted by molar-refractivity contribution is -0.111. The van der Waals surface area contributed by atoms with Crippen molar-refractivity contribution in [3.8, 4) is 0 Å². The second-order valence-corrected chi connectivity index (χ2v) is 2.60. The van der Waals surface area contributed by atoms with Crippen LogP contribution in [0.2, 0.25) is 0 Å². The molecule has 1 rings (SSSR count). The molecule has 0 amide bonds. The van der Waals surface area contributed by atoms with Crippen molar-refractivity contribution in [3.63, 3.8) is 0 Å². The lowest BCUT2D eigenvalue weighted by Gasteiger charge is -1.82. The standard InChI is InChI=1S/C5H5BrN2O/c1-3(9)5-7-2-4(6)8-5/h2H2,1H3. The van der Waals surface area contributed by atoms with Gasteiger partial charge < -0.3 is 0 Å². The van der Waals surface area contributed by atoms with Crippen LogP contribution in [0.3, 0.4) is 0 Å².